The third-order valence-electron chi connectivity index (χ3n) is 2.89. The molecule has 17 heavy (non-hydrogen) atoms. The Morgan fingerprint density at radius 3 is 3.00 bits per heavy atom. The third-order valence-corrected chi connectivity index (χ3v) is 3.10. The molecule has 1 saturated heterocycles. The van der Waals surface area contributed by atoms with Crippen molar-refractivity contribution in [2.24, 2.45) is 5.73 Å². The number of halogens is 2. The summed E-state index contributed by atoms with van der Waals surface area (Å²) in [6.45, 7) is 0.582. The van der Waals surface area contributed by atoms with Crippen LogP contribution in [0.2, 0.25) is 5.02 Å². The molecule has 1 aromatic rings. The summed E-state index contributed by atoms with van der Waals surface area (Å²) in [4.78, 5) is 16.9. The van der Waals surface area contributed by atoms with Crippen LogP contribution < -0.4 is 10.6 Å². The number of carbonyl (C=O) groups is 1. The largest absolute Gasteiger partial charge is 0.368 e. The highest BCUT2D eigenvalue weighted by atomic mass is 35.5. The van der Waals surface area contributed by atoms with E-state index in [1.54, 1.807) is 4.90 Å². The number of carbonyl (C=O) groups excluding carboxylic acids is 1. The van der Waals surface area contributed by atoms with Gasteiger partial charge in [0.25, 0.3) is 0 Å². The summed E-state index contributed by atoms with van der Waals surface area (Å²) in [5.41, 5.74) is 5.32. The normalized spacial score (nSPS) is 20.4. The smallest absolute Gasteiger partial charge is 0.240 e. The number of pyridine rings is 1. The van der Waals surface area contributed by atoms with E-state index in [1.807, 2.05) is 0 Å². The van der Waals surface area contributed by atoms with Crippen LogP contribution in [0.25, 0.3) is 0 Å². The van der Waals surface area contributed by atoms with Gasteiger partial charge in [-0.25, -0.2) is 9.37 Å². The van der Waals surface area contributed by atoms with Crippen molar-refractivity contribution in [1.29, 1.82) is 0 Å². The van der Waals surface area contributed by atoms with Crippen molar-refractivity contribution in [2.45, 2.75) is 25.3 Å². The van der Waals surface area contributed by atoms with Crippen molar-refractivity contribution in [1.82, 2.24) is 4.98 Å². The number of aromatic nitrogens is 1. The zero-order valence-electron chi connectivity index (χ0n) is 9.20. The van der Waals surface area contributed by atoms with Gasteiger partial charge in [-0.05, 0) is 25.3 Å². The van der Waals surface area contributed by atoms with E-state index in [0.717, 1.165) is 12.8 Å². The summed E-state index contributed by atoms with van der Waals surface area (Å²) in [5.74, 6) is -0.815. The molecule has 1 fully saturated rings. The van der Waals surface area contributed by atoms with E-state index in [9.17, 15) is 9.18 Å². The Labute approximate surface area is 104 Å². The Bertz CT molecular complexity index is 441. The summed E-state index contributed by atoms with van der Waals surface area (Å²) in [7, 11) is 0. The molecule has 1 aromatic heterocycles. The van der Waals surface area contributed by atoms with Gasteiger partial charge in [0, 0.05) is 12.7 Å². The monoisotopic (exact) mass is 257 g/mol. The standard InChI is InChI=1S/C11H13ClFN3O/c12-7-5-8(13)11(15-6-7)16-4-2-1-3-9(16)10(14)17/h5-6,9H,1-4H2,(H2,14,17). The predicted molar refractivity (Wildman–Crippen MR) is 63.4 cm³/mol. The van der Waals surface area contributed by atoms with Crippen LogP contribution in [0.3, 0.4) is 0 Å². The van der Waals surface area contributed by atoms with E-state index >= 15 is 0 Å². The summed E-state index contributed by atoms with van der Waals surface area (Å²) < 4.78 is 13.7. The topological polar surface area (TPSA) is 59.2 Å². The van der Waals surface area contributed by atoms with Gasteiger partial charge in [0.1, 0.15) is 6.04 Å². The van der Waals surface area contributed by atoms with Crippen molar-refractivity contribution >= 4 is 23.3 Å². The molecule has 1 aliphatic heterocycles. The molecule has 2 N–H and O–H groups in total. The van der Waals surface area contributed by atoms with E-state index in [2.05, 4.69) is 4.98 Å². The van der Waals surface area contributed by atoms with Crippen LogP contribution in [0.4, 0.5) is 10.2 Å². The molecule has 0 aliphatic carbocycles. The van der Waals surface area contributed by atoms with Crippen LogP contribution in [0, 0.1) is 5.82 Å². The number of nitrogens with zero attached hydrogens (tertiary/aromatic N) is 2. The van der Waals surface area contributed by atoms with Gasteiger partial charge < -0.3 is 10.6 Å². The molecule has 92 valence electrons. The van der Waals surface area contributed by atoms with Crippen LogP contribution in [0.15, 0.2) is 12.3 Å². The highest BCUT2D eigenvalue weighted by Gasteiger charge is 2.29. The van der Waals surface area contributed by atoms with Gasteiger partial charge >= 0.3 is 0 Å². The zero-order chi connectivity index (χ0) is 12.4. The minimum atomic E-state index is -0.523. The maximum atomic E-state index is 13.7. The quantitative estimate of drug-likeness (QED) is 0.878. The maximum absolute atomic E-state index is 13.7. The summed E-state index contributed by atoms with van der Waals surface area (Å²) >= 11 is 5.64. The molecule has 0 aromatic carbocycles. The number of piperidine rings is 1. The molecule has 4 nitrogen and oxygen atoms in total. The Balaban J connectivity index is 2.32. The molecule has 0 spiro atoms. The first-order valence-electron chi connectivity index (χ1n) is 5.46. The fraction of sp³-hybridized carbons (Fsp3) is 0.455. The number of amides is 1. The number of nitrogens with two attached hydrogens (primary N) is 1. The van der Waals surface area contributed by atoms with E-state index in [1.165, 1.54) is 12.3 Å². The van der Waals surface area contributed by atoms with Gasteiger partial charge in [-0.1, -0.05) is 11.6 Å². The Morgan fingerprint density at radius 1 is 1.59 bits per heavy atom. The fourth-order valence-corrected chi connectivity index (χ4v) is 2.24. The minimum Gasteiger partial charge on any atom is -0.368 e. The lowest BCUT2D eigenvalue weighted by molar-refractivity contribution is -0.119. The molecule has 0 bridgehead atoms. The van der Waals surface area contributed by atoms with Gasteiger partial charge in [-0.2, -0.15) is 0 Å². The summed E-state index contributed by atoms with van der Waals surface area (Å²) in [6, 6.07) is 0.711. The number of hydrogen-bond acceptors (Lipinski definition) is 3. The highest BCUT2D eigenvalue weighted by molar-refractivity contribution is 6.30. The first-order chi connectivity index (χ1) is 8.09. The third kappa shape index (κ3) is 2.49. The lowest BCUT2D eigenvalue weighted by Crippen LogP contribution is -2.48. The van der Waals surface area contributed by atoms with Crippen LogP contribution >= 0.6 is 11.6 Å². The van der Waals surface area contributed by atoms with Gasteiger partial charge in [-0.15, -0.1) is 0 Å². The van der Waals surface area contributed by atoms with Gasteiger partial charge in [0.15, 0.2) is 11.6 Å². The van der Waals surface area contributed by atoms with Crippen LogP contribution in [-0.2, 0) is 4.79 Å². The average molecular weight is 258 g/mol. The molecule has 2 rings (SSSR count). The number of primary amides is 1. The highest BCUT2D eigenvalue weighted by Crippen LogP contribution is 2.26. The molecule has 2 heterocycles. The SMILES string of the molecule is NC(=O)C1CCCCN1c1ncc(Cl)cc1F. The van der Waals surface area contributed by atoms with E-state index in [-0.39, 0.29) is 10.8 Å². The number of rotatable bonds is 2. The number of hydrogen-bond donors (Lipinski definition) is 1. The fourth-order valence-electron chi connectivity index (χ4n) is 2.10. The number of anilines is 1. The second kappa shape index (κ2) is 4.87. The molecular formula is C11H13ClFN3O. The minimum absolute atomic E-state index is 0.151. The Kier molecular flexibility index (Phi) is 3.47. The summed E-state index contributed by atoms with van der Waals surface area (Å²) in [5, 5.41) is 0.235. The first kappa shape index (κ1) is 12.1. The molecule has 1 unspecified atom stereocenters. The van der Waals surface area contributed by atoms with Crippen LogP contribution in [-0.4, -0.2) is 23.5 Å². The predicted octanol–water partition coefficient (Wildman–Crippen LogP) is 1.72. The molecule has 1 atom stereocenters. The van der Waals surface area contributed by atoms with Gasteiger partial charge in [-0.3, -0.25) is 4.79 Å². The Hall–Kier alpha value is -1.36. The maximum Gasteiger partial charge on any atom is 0.240 e. The van der Waals surface area contributed by atoms with E-state index < -0.39 is 17.8 Å². The van der Waals surface area contributed by atoms with Crippen molar-refractivity contribution in [2.75, 3.05) is 11.4 Å². The molecule has 0 radical (unpaired) electrons. The lowest BCUT2D eigenvalue weighted by Gasteiger charge is -2.34. The lowest BCUT2D eigenvalue weighted by atomic mass is 10.0. The summed E-state index contributed by atoms with van der Waals surface area (Å²) in [6.07, 6.45) is 3.82. The van der Waals surface area contributed by atoms with Crippen molar-refractivity contribution in [3.05, 3.63) is 23.1 Å². The van der Waals surface area contributed by atoms with Gasteiger partial charge in [0.05, 0.1) is 5.02 Å². The molecule has 6 heteroatoms. The van der Waals surface area contributed by atoms with Crippen LogP contribution in [0.5, 0.6) is 0 Å². The molecule has 1 aliphatic rings. The van der Waals surface area contributed by atoms with Crippen LogP contribution in [0.1, 0.15) is 19.3 Å². The molecule has 0 saturated carbocycles. The first-order valence-corrected chi connectivity index (χ1v) is 5.84. The zero-order valence-corrected chi connectivity index (χ0v) is 9.95. The molecule has 1 amide bonds. The van der Waals surface area contributed by atoms with Gasteiger partial charge in [0.2, 0.25) is 5.91 Å². The average Bonchev–Trinajstić information content (AvgIpc) is 2.29. The second-order valence-corrected chi connectivity index (χ2v) is 4.50. The molecular weight excluding hydrogens is 245 g/mol. The van der Waals surface area contributed by atoms with Crippen molar-refractivity contribution < 1.29 is 9.18 Å². The Morgan fingerprint density at radius 2 is 2.35 bits per heavy atom. The van der Waals surface area contributed by atoms with Crippen molar-refractivity contribution in [3.63, 3.8) is 0 Å². The van der Waals surface area contributed by atoms with E-state index in [4.69, 9.17) is 17.3 Å². The van der Waals surface area contributed by atoms with Crippen molar-refractivity contribution in [3.8, 4) is 0 Å². The van der Waals surface area contributed by atoms with E-state index in [0.29, 0.717) is 13.0 Å². The second-order valence-electron chi connectivity index (χ2n) is 4.07.